The SMILES string of the molecule is COc1cccc(NC(=O)[C@H](C)n2nc(C)c3sc4ccccc4c3c2=O)c1. The van der Waals surface area contributed by atoms with E-state index in [4.69, 9.17) is 4.74 Å². The second kappa shape index (κ2) is 7.09. The van der Waals surface area contributed by atoms with E-state index in [0.717, 1.165) is 20.5 Å². The van der Waals surface area contributed by atoms with E-state index in [1.165, 1.54) is 4.68 Å². The summed E-state index contributed by atoms with van der Waals surface area (Å²) in [6.07, 6.45) is 0. The van der Waals surface area contributed by atoms with E-state index in [9.17, 15) is 9.59 Å². The summed E-state index contributed by atoms with van der Waals surface area (Å²) in [5, 5.41) is 8.76. The van der Waals surface area contributed by atoms with Gasteiger partial charge in [0.1, 0.15) is 11.8 Å². The van der Waals surface area contributed by atoms with Crippen LogP contribution in [0.5, 0.6) is 5.75 Å². The van der Waals surface area contributed by atoms with Crippen LogP contribution in [0.25, 0.3) is 20.2 Å². The van der Waals surface area contributed by atoms with Gasteiger partial charge in [-0.25, -0.2) is 4.68 Å². The molecule has 2 aromatic carbocycles. The number of benzene rings is 2. The van der Waals surface area contributed by atoms with Gasteiger partial charge in [0.25, 0.3) is 5.56 Å². The molecule has 1 atom stereocenters. The first kappa shape index (κ1) is 18.2. The fourth-order valence-electron chi connectivity index (χ4n) is 3.20. The van der Waals surface area contributed by atoms with Gasteiger partial charge in [-0.15, -0.1) is 11.3 Å². The predicted octanol–water partition coefficient (Wildman–Crippen LogP) is 4.13. The number of aryl methyl sites for hydroxylation is 1. The molecule has 0 unspecified atom stereocenters. The van der Waals surface area contributed by atoms with Crippen LogP contribution >= 0.6 is 11.3 Å². The van der Waals surface area contributed by atoms with Crippen LogP contribution in [0.2, 0.25) is 0 Å². The van der Waals surface area contributed by atoms with Crippen molar-refractivity contribution < 1.29 is 9.53 Å². The lowest BCUT2D eigenvalue weighted by molar-refractivity contribution is -0.119. The van der Waals surface area contributed by atoms with Crippen molar-refractivity contribution in [2.24, 2.45) is 0 Å². The number of amides is 1. The van der Waals surface area contributed by atoms with Crippen LogP contribution in [0.4, 0.5) is 5.69 Å². The summed E-state index contributed by atoms with van der Waals surface area (Å²) in [7, 11) is 1.57. The number of anilines is 1. The number of carbonyl (C=O) groups is 1. The molecule has 0 aliphatic carbocycles. The maximum absolute atomic E-state index is 13.2. The zero-order chi connectivity index (χ0) is 19.8. The molecular formula is C21H19N3O3S. The zero-order valence-corrected chi connectivity index (χ0v) is 16.5. The molecule has 142 valence electrons. The summed E-state index contributed by atoms with van der Waals surface area (Å²) in [6, 6.07) is 14.1. The Hall–Kier alpha value is -3.19. The standard InChI is InChI=1S/C21H19N3O3S/c1-12-19-18(16-9-4-5-10-17(16)28-19)21(26)24(23-12)13(2)20(25)22-14-7-6-8-15(11-14)27-3/h4-11,13H,1-3H3,(H,22,25)/t13-/m0/s1. The van der Waals surface area contributed by atoms with Gasteiger partial charge >= 0.3 is 0 Å². The molecule has 0 saturated heterocycles. The average Bonchev–Trinajstić information content (AvgIpc) is 3.11. The van der Waals surface area contributed by atoms with E-state index in [1.54, 1.807) is 49.6 Å². The zero-order valence-electron chi connectivity index (χ0n) is 15.7. The van der Waals surface area contributed by atoms with Crippen LogP contribution in [0, 0.1) is 6.92 Å². The highest BCUT2D eigenvalue weighted by Crippen LogP contribution is 2.33. The van der Waals surface area contributed by atoms with Gasteiger partial charge in [0.05, 0.1) is 22.9 Å². The summed E-state index contributed by atoms with van der Waals surface area (Å²) in [5.41, 5.74) is 1.08. The molecule has 28 heavy (non-hydrogen) atoms. The Morgan fingerprint density at radius 1 is 1.21 bits per heavy atom. The summed E-state index contributed by atoms with van der Waals surface area (Å²) in [5.74, 6) is 0.323. The van der Waals surface area contributed by atoms with Crippen molar-refractivity contribution in [3.05, 3.63) is 64.6 Å². The lowest BCUT2D eigenvalue weighted by Gasteiger charge is -2.15. The number of hydrogen-bond acceptors (Lipinski definition) is 5. The van der Waals surface area contributed by atoms with Gasteiger partial charge in [0.15, 0.2) is 0 Å². The van der Waals surface area contributed by atoms with Crippen LogP contribution in [0.15, 0.2) is 53.3 Å². The summed E-state index contributed by atoms with van der Waals surface area (Å²) in [6.45, 7) is 3.53. The number of aromatic nitrogens is 2. The number of methoxy groups -OCH3 is 1. The quantitative estimate of drug-likeness (QED) is 0.566. The first-order chi connectivity index (χ1) is 13.5. The van der Waals surface area contributed by atoms with Gasteiger partial charge in [-0.3, -0.25) is 9.59 Å². The molecule has 0 aliphatic heterocycles. The second-order valence-corrected chi connectivity index (χ2v) is 7.59. The van der Waals surface area contributed by atoms with Gasteiger partial charge in [-0.1, -0.05) is 24.3 Å². The van der Waals surface area contributed by atoms with Crippen LogP contribution in [-0.4, -0.2) is 22.8 Å². The van der Waals surface area contributed by atoms with Crippen molar-refractivity contribution in [3.8, 4) is 5.75 Å². The maximum Gasteiger partial charge on any atom is 0.276 e. The largest absolute Gasteiger partial charge is 0.497 e. The monoisotopic (exact) mass is 393 g/mol. The number of ether oxygens (including phenoxy) is 1. The molecule has 0 spiro atoms. The molecule has 7 heteroatoms. The Morgan fingerprint density at radius 2 is 2.00 bits per heavy atom. The molecule has 2 aromatic heterocycles. The van der Waals surface area contributed by atoms with Gasteiger partial charge in [0, 0.05) is 21.8 Å². The molecule has 6 nitrogen and oxygen atoms in total. The Balaban J connectivity index is 1.75. The maximum atomic E-state index is 13.2. The van der Waals surface area contributed by atoms with Gasteiger partial charge in [-0.05, 0) is 32.0 Å². The molecule has 0 bridgehead atoms. The summed E-state index contributed by atoms with van der Waals surface area (Å²) < 4.78 is 8.35. The predicted molar refractivity (Wildman–Crippen MR) is 112 cm³/mol. The van der Waals surface area contributed by atoms with Crippen LogP contribution in [-0.2, 0) is 4.79 Å². The number of fused-ring (bicyclic) bond motifs is 3. The number of nitrogens with one attached hydrogen (secondary N) is 1. The molecule has 0 saturated carbocycles. The highest BCUT2D eigenvalue weighted by molar-refractivity contribution is 7.26. The van der Waals surface area contributed by atoms with Crippen molar-refractivity contribution in [3.63, 3.8) is 0 Å². The first-order valence-corrected chi connectivity index (χ1v) is 9.67. The smallest absolute Gasteiger partial charge is 0.276 e. The molecule has 0 fully saturated rings. The Bertz CT molecular complexity index is 1260. The fraction of sp³-hybridized carbons (Fsp3) is 0.190. The number of nitrogens with zero attached hydrogens (tertiary/aromatic N) is 2. The molecule has 2 heterocycles. The minimum absolute atomic E-state index is 0.258. The number of thiophene rings is 1. The number of carbonyl (C=O) groups excluding carboxylic acids is 1. The Kier molecular flexibility index (Phi) is 4.60. The van der Waals surface area contributed by atoms with Crippen LogP contribution in [0.3, 0.4) is 0 Å². The van der Waals surface area contributed by atoms with Gasteiger partial charge in [-0.2, -0.15) is 5.10 Å². The highest BCUT2D eigenvalue weighted by atomic mass is 32.1. The van der Waals surface area contributed by atoms with Crippen molar-refractivity contribution in [1.29, 1.82) is 0 Å². The topological polar surface area (TPSA) is 73.2 Å². The van der Waals surface area contributed by atoms with Crippen molar-refractivity contribution in [2.45, 2.75) is 19.9 Å². The summed E-state index contributed by atoms with van der Waals surface area (Å²) >= 11 is 1.55. The Labute approximate surface area is 165 Å². The minimum atomic E-state index is -0.763. The van der Waals surface area contributed by atoms with E-state index in [-0.39, 0.29) is 11.5 Å². The van der Waals surface area contributed by atoms with Crippen molar-refractivity contribution in [1.82, 2.24) is 9.78 Å². The van der Waals surface area contributed by atoms with E-state index >= 15 is 0 Å². The van der Waals surface area contributed by atoms with Crippen molar-refractivity contribution >= 4 is 43.1 Å². The number of hydrogen-bond donors (Lipinski definition) is 1. The average molecular weight is 393 g/mol. The van der Waals surface area contributed by atoms with Crippen LogP contribution in [0.1, 0.15) is 18.7 Å². The summed E-state index contributed by atoms with van der Waals surface area (Å²) in [4.78, 5) is 25.9. The number of rotatable bonds is 4. The van der Waals surface area contributed by atoms with Gasteiger partial charge in [0.2, 0.25) is 5.91 Å². The second-order valence-electron chi connectivity index (χ2n) is 6.53. The lowest BCUT2D eigenvalue weighted by atomic mass is 10.2. The molecule has 1 amide bonds. The third-order valence-corrected chi connectivity index (χ3v) is 5.97. The van der Waals surface area contributed by atoms with Crippen molar-refractivity contribution in [2.75, 3.05) is 12.4 Å². The Morgan fingerprint density at radius 3 is 2.79 bits per heavy atom. The molecular weight excluding hydrogens is 374 g/mol. The van der Waals surface area contributed by atoms with Gasteiger partial charge < -0.3 is 10.1 Å². The minimum Gasteiger partial charge on any atom is -0.497 e. The lowest BCUT2D eigenvalue weighted by Crippen LogP contribution is -2.33. The normalized spacial score (nSPS) is 12.2. The van der Waals surface area contributed by atoms with E-state index < -0.39 is 6.04 Å². The third-order valence-electron chi connectivity index (χ3n) is 4.69. The molecule has 4 aromatic rings. The first-order valence-electron chi connectivity index (χ1n) is 8.85. The molecule has 1 N–H and O–H groups in total. The fourth-order valence-corrected chi connectivity index (χ4v) is 4.34. The van der Waals surface area contributed by atoms with E-state index in [1.807, 2.05) is 31.2 Å². The molecule has 0 aliphatic rings. The molecule has 4 rings (SSSR count). The molecule has 0 radical (unpaired) electrons. The third kappa shape index (κ3) is 3.03. The van der Waals surface area contributed by atoms with Crippen LogP contribution < -0.4 is 15.6 Å². The van der Waals surface area contributed by atoms with E-state index in [0.29, 0.717) is 16.8 Å². The van der Waals surface area contributed by atoms with E-state index in [2.05, 4.69) is 10.4 Å². The highest BCUT2D eigenvalue weighted by Gasteiger charge is 2.22.